The minimum Gasteiger partial charge on any atom is -0.321 e. The Balaban J connectivity index is 2.21. The molecule has 0 saturated carbocycles. The Bertz CT molecular complexity index is 512. The van der Waals surface area contributed by atoms with E-state index in [2.05, 4.69) is 42.0 Å². The SMILES string of the molecule is Cc1cnc(C(N)Cc2c(C)cccc2C)nc1. The maximum absolute atomic E-state index is 6.19. The van der Waals surface area contributed by atoms with Gasteiger partial charge in [-0.2, -0.15) is 0 Å². The van der Waals surface area contributed by atoms with Crippen molar-refractivity contribution < 1.29 is 0 Å². The predicted octanol–water partition coefficient (Wildman–Crippen LogP) is 2.64. The number of aromatic nitrogens is 2. The van der Waals surface area contributed by atoms with Crippen molar-refractivity contribution in [2.24, 2.45) is 5.73 Å². The Hall–Kier alpha value is -1.74. The third-order valence-electron chi connectivity index (χ3n) is 3.20. The minimum atomic E-state index is -0.148. The Kier molecular flexibility index (Phi) is 3.72. The zero-order chi connectivity index (χ0) is 13.1. The average molecular weight is 241 g/mol. The molecule has 0 aliphatic carbocycles. The van der Waals surface area contributed by atoms with Gasteiger partial charge in [-0.15, -0.1) is 0 Å². The topological polar surface area (TPSA) is 51.8 Å². The van der Waals surface area contributed by atoms with E-state index in [1.165, 1.54) is 16.7 Å². The van der Waals surface area contributed by atoms with E-state index in [0.29, 0.717) is 5.82 Å². The van der Waals surface area contributed by atoms with Crippen molar-refractivity contribution in [3.8, 4) is 0 Å². The summed E-state index contributed by atoms with van der Waals surface area (Å²) in [5, 5.41) is 0. The highest BCUT2D eigenvalue weighted by Gasteiger charge is 2.12. The molecule has 0 fully saturated rings. The molecule has 2 aromatic rings. The monoisotopic (exact) mass is 241 g/mol. The van der Waals surface area contributed by atoms with Crippen LogP contribution in [0.15, 0.2) is 30.6 Å². The van der Waals surface area contributed by atoms with E-state index in [0.717, 1.165) is 12.0 Å². The van der Waals surface area contributed by atoms with Gasteiger partial charge in [0.25, 0.3) is 0 Å². The molecule has 3 heteroatoms. The molecule has 0 spiro atoms. The fourth-order valence-electron chi connectivity index (χ4n) is 2.08. The Labute approximate surface area is 108 Å². The molecule has 0 aliphatic rings. The summed E-state index contributed by atoms with van der Waals surface area (Å²) in [6.45, 7) is 6.21. The number of rotatable bonds is 3. The molecular formula is C15H19N3. The van der Waals surface area contributed by atoms with Crippen LogP contribution in [-0.4, -0.2) is 9.97 Å². The van der Waals surface area contributed by atoms with E-state index in [4.69, 9.17) is 5.73 Å². The molecule has 1 heterocycles. The lowest BCUT2D eigenvalue weighted by molar-refractivity contribution is 0.661. The molecule has 0 radical (unpaired) electrons. The molecule has 2 N–H and O–H groups in total. The Morgan fingerprint density at radius 1 is 1.06 bits per heavy atom. The summed E-state index contributed by atoms with van der Waals surface area (Å²) < 4.78 is 0. The van der Waals surface area contributed by atoms with Gasteiger partial charge in [0.05, 0.1) is 6.04 Å². The molecule has 2 rings (SSSR count). The van der Waals surface area contributed by atoms with Crippen molar-refractivity contribution >= 4 is 0 Å². The number of benzene rings is 1. The van der Waals surface area contributed by atoms with Gasteiger partial charge < -0.3 is 5.73 Å². The van der Waals surface area contributed by atoms with Crippen LogP contribution in [0, 0.1) is 20.8 Å². The van der Waals surface area contributed by atoms with E-state index >= 15 is 0 Å². The maximum atomic E-state index is 6.19. The van der Waals surface area contributed by atoms with E-state index in [1.807, 2.05) is 19.3 Å². The molecule has 94 valence electrons. The number of hydrogen-bond acceptors (Lipinski definition) is 3. The first-order valence-corrected chi connectivity index (χ1v) is 6.17. The van der Waals surface area contributed by atoms with Crippen LogP contribution in [0.2, 0.25) is 0 Å². The summed E-state index contributed by atoms with van der Waals surface area (Å²) in [5.41, 5.74) is 11.1. The van der Waals surface area contributed by atoms with Gasteiger partial charge in [-0.25, -0.2) is 9.97 Å². The summed E-state index contributed by atoms with van der Waals surface area (Å²) in [6, 6.07) is 6.16. The number of hydrogen-bond donors (Lipinski definition) is 1. The summed E-state index contributed by atoms with van der Waals surface area (Å²) in [5.74, 6) is 0.711. The molecule has 0 amide bonds. The van der Waals surface area contributed by atoms with E-state index in [-0.39, 0.29) is 6.04 Å². The highest BCUT2D eigenvalue weighted by Crippen LogP contribution is 2.19. The average Bonchev–Trinajstić information content (AvgIpc) is 2.34. The standard InChI is InChI=1S/C15H19N3/c1-10-8-17-15(18-9-10)14(16)7-13-11(2)5-4-6-12(13)3/h4-6,8-9,14H,7,16H2,1-3H3. The quantitative estimate of drug-likeness (QED) is 0.898. The largest absolute Gasteiger partial charge is 0.321 e. The molecule has 3 nitrogen and oxygen atoms in total. The molecule has 1 unspecified atom stereocenters. The van der Waals surface area contributed by atoms with Gasteiger partial charge in [0.15, 0.2) is 0 Å². The van der Waals surface area contributed by atoms with Crippen molar-refractivity contribution in [2.45, 2.75) is 33.2 Å². The van der Waals surface area contributed by atoms with Crippen molar-refractivity contribution in [3.05, 3.63) is 58.7 Å². The van der Waals surface area contributed by atoms with Gasteiger partial charge in [0.2, 0.25) is 0 Å². The number of nitrogens with zero attached hydrogens (tertiary/aromatic N) is 2. The molecule has 1 aromatic heterocycles. The lowest BCUT2D eigenvalue weighted by Crippen LogP contribution is -2.17. The maximum Gasteiger partial charge on any atom is 0.145 e. The van der Waals surface area contributed by atoms with E-state index in [1.54, 1.807) is 0 Å². The summed E-state index contributed by atoms with van der Waals surface area (Å²) >= 11 is 0. The molecule has 1 aromatic carbocycles. The lowest BCUT2D eigenvalue weighted by Gasteiger charge is -2.14. The van der Waals surface area contributed by atoms with Gasteiger partial charge in [0.1, 0.15) is 5.82 Å². The fraction of sp³-hybridized carbons (Fsp3) is 0.333. The van der Waals surface area contributed by atoms with Crippen molar-refractivity contribution in [1.29, 1.82) is 0 Å². The first kappa shape index (κ1) is 12.7. The summed E-state index contributed by atoms with van der Waals surface area (Å²) in [7, 11) is 0. The molecular weight excluding hydrogens is 222 g/mol. The molecule has 1 atom stereocenters. The second-order valence-electron chi connectivity index (χ2n) is 4.80. The van der Waals surface area contributed by atoms with Gasteiger partial charge in [0, 0.05) is 12.4 Å². The molecule has 18 heavy (non-hydrogen) atoms. The summed E-state index contributed by atoms with van der Waals surface area (Å²) in [4.78, 5) is 8.60. The number of aryl methyl sites for hydroxylation is 3. The highest BCUT2D eigenvalue weighted by molar-refractivity contribution is 5.34. The van der Waals surface area contributed by atoms with Crippen molar-refractivity contribution in [2.75, 3.05) is 0 Å². The zero-order valence-corrected chi connectivity index (χ0v) is 11.1. The third kappa shape index (κ3) is 2.74. The van der Waals surface area contributed by atoms with Gasteiger partial charge in [-0.05, 0) is 49.4 Å². The van der Waals surface area contributed by atoms with E-state index in [9.17, 15) is 0 Å². The molecule has 0 saturated heterocycles. The Morgan fingerprint density at radius 2 is 1.61 bits per heavy atom. The molecule has 0 bridgehead atoms. The zero-order valence-electron chi connectivity index (χ0n) is 11.1. The number of nitrogens with two attached hydrogens (primary N) is 1. The van der Waals surface area contributed by atoms with Crippen LogP contribution >= 0.6 is 0 Å². The van der Waals surface area contributed by atoms with Gasteiger partial charge in [-0.3, -0.25) is 0 Å². The predicted molar refractivity (Wildman–Crippen MR) is 73.3 cm³/mol. The summed E-state index contributed by atoms with van der Waals surface area (Å²) in [6.07, 6.45) is 4.40. The second-order valence-corrected chi connectivity index (χ2v) is 4.80. The third-order valence-corrected chi connectivity index (χ3v) is 3.20. The van der Waals surface area contributed by atoms with Crippen LogP contribution in [0.3, 0.4) is 0 Å². The van der Waals surface area contributed by atoms with Crippen molar-refractivity contribution in [3.63, 3.8) is 0 Å². The van der Waals surface area contributed by atoms with E-state index < -0.39 is 0 Å². The van der Waals surface area contributed by atoms with Crippen LogP contribution in [0.25, 0.3) is 0 Å². The minimum absolute atomic E-state index is 0.148. The smallest absolute Gasteiger partial charge is 0.145 e. The first-order valence-electron chi connectivity index (χ1n) is 6.17. The van der Waals surface area contributed by atoms with Gasteiger partial charge >= 0.3 is 0 Å². The van der Waals surface area contributed by atoms with Crippen LogP contribution in [0.4, 0.5) is 0 Å². The normalized spacial score (nSPS) is 12.4. The highest BCUT2D eigenvalue weighted by atomic mass is 14.9. The van der Waals surface area contributed by atoms with Crippen LogP contribution in [0.5, 0.6) is 0 Å². The lowest BCUT2D eigenvalue weighted by atomic mass is 9.96. The second kappa shape index (κ2) is 5.27. The van der Waals surface area contributed by atoms with Crippen LogP contribution < -0.4 is 5.73 Å². The fourth-order valence-corrected chi connectivity index (χ4v) is 2.08. The first-order chi connectivity index (χ1) is 8.58. The molecule has 0 aliphatic heterocycles. The van der Waals surface area contributed by atoms with Crippen LogP contribution in [-0.2, 0) is 6.42 Å². The van der Waals surface area contributed by atoms with Crippen molar-refractivity contribution in [1.82, 2.24) is 9.97 Å². The van der Waals surface area contributed by atoms with Gasteiger partial charge in [-0.1, -0.05) is 18.2 Å². The Morgan fingerprint density at radius 3 is 2.17 bits per heavy atom. The van der Waals surface area contributed by atoms with Crippen LogP contribution in [0.1, 0.15) is 34.1 Å².